The van der Waals surface area contributed by atoms with Crippen molar-refractivity contribution in [3.05, 3.63) is 35.1 Å². The number of aromatic nitrogens is 4. The number of allylic oxidation sites excluding steroid dienone is 1. The zero-order valence-electron chi connectivity index (χ0n) is 11.9. The number of sulfone groups is 1. The highest BCUT2D eigenvalue weighted by Gasteiger charge is 2.33. The lowest BCUT2D eigenvalue weighted by Gasteiger charge is -2.10. The maximum absolute atomic E-state index is 11.7. The van der Waals surface area contributed by atoms with E-state index in [-0.39, 0.29) is 17.4 Å². The molecule has 9 heteroatoms. The molecule has 0 spiro atoms. The van der Waals surface area contributed by atoms with Gasteiger partial charge in [0.15, 0.2) is 15.0 Å². The lowest BCUT2D eigenvalue weighted by molar-refractivity contribution is 0.597. The van der Waals surface area contributed by atoms with Crippen LogP contribution in [0.15, 0.2) is 28.7 Å². The molecule has 1 fully saturated rings. The summed E-state index contributed by atoms with van der Waals surface area (Å²) >= 11 is 3.12. The van der Waals surface area contributed by atoms with Gasteiger partial charge in [0.05, 0.1) is 22.7 Å². The summed E-state index contributed by atoms with van der Waals surface area (Å²) in [5.41, 5.74) is 2.81. The van der Waals surface area contributed by atoms with Crippen molar-refractivity contribution >= 4 is 32.9 Å². The van der Waals surface area contributed by atoms with E-state index < -0.39 is 9.84 Å². The maximum Gasteiger partial charge on any atom is 0.191 e. The SMILES string of the molecule is C=CCn1c(SCc2cscn2)nnc1[C@@H]1CCS(=O)(=O)C1. The third-order valence-electron chi connectivity index (χ3n) is 3.49. The van der Waals surface area contributed by atoms with Crippen LogP contribution in [0, 0.1) is 0 Å². The van der Waals surface area contributed by atoms with E-state index in [9.17, 15) is 8.42 Å². The number of thioether (sulfide) groups is 1. The van der Waals surface area contributed by atoms with Gasteiger partial charge in [0, 0.05) is 23.6 Å². The molecule has 1 atom stereocenters. The normalized spacial score (nSPS) is 20.3. The van der Waals surface area contributed by atoms with Gasteiger partial charge in [-0.1, -0.05) is 17.8 Å². The van der Waals surface area contributed by atoms with Crippen molar-refractivity contribution in [2.75, 3.05) is 11.5 Å². The van der Waals surface area contributed by atoms with E-state index in [2.05, 4.69) is 21.8 Å². The Morgan fingerprint density at radius 3 is 3.00 bits per heavy atom. The Bertz CT molecular complexity index is 752. The lowest BCUT2D eigenvalue weighted by atomic mass is 10.1. The Morgan fingerprint density at radius 2 is 2.36 bits per heavy atom. The lowest BCUT2D eigenvalue weighted by Crippen LogP contribution is -2.11. The highest BCUT2D eigenvalue weighted by molar-refractivity contribution is 7.98. The third kappa shape index (κ3) is 3.41. The minimum Gasteiger partial charge on any atom is -0.302 e. The molecule has 1 aliphatic heterocycles. The molecular weight excluding hydrogens is 340 g/mol. The quantitative estimate of drug-likeness (QED) is 0.583. The van der Waals surface area contributed by atoms with Gasteiger partial charge < -0.3 is 4.57 Å². The fourth-order valence-corrected chi connectivity index (χ4v) is 5.72. The molecule has 0 aromatic carbocycles. The van der Waals surface area contributed by atoms with Crippen molar-refractivity contribution in [3.8, 4) is 0 Å². The summed E-state index contributed by atoms with van der Waals surface area (Å²) in [7, 11) is -2.94. The van der Waals surface area contributed by atoms with Gasteiger partial charge in [-0.3, -0.25) is 0 Å². The number of hydrogen-bond acceptors (Lipinski definition) is 7. The number of thiazole rings is 1. The van der Waals surface area contributed by atoms with Gasteiger partial charge in [0.1, 0.15) is 5.82 Å². The number of hydrogen-bond donors (Lipinski definition) is 0. The summed E-state index contributed by atoms with van der Waals surface area (Å²) in [5.74, 6) is 1.81. The largest absolute Gasteiger partial charge is 0.302 e. The Balaban J connectivity index is 1.80. The second-order valence-corrected chi connectivity index (χ2v) is 9.00. The Hall–Kier alpha value is -1.19. The zero-order chi connectivity index (χ0) is 15.6. The predicted molar refractivity (Wildman–Crippen MR) is 87.9 cm³/mol. The van der Waals surface area contributed by atoms with Gasteiger partial charge in [-0.15, -0.1) is 28.1 Å². The van der Waals surface area contributed by atoms with Crippen molar-refractivity contribution in [1.82, 2.24) is 19.7 Å². The minimum absolute atomic E-state index is 0.0638. The monoisotopic (exact) mass is 356 g/mol. The first kappa shape index (κ1) is 15.7. The molecule has 0 aliphatic carbocycles. The van der Waals surface area contributed by atoms with Crippen LogP contribution in [-0.4, -0.2) is 39.7 Å². The van der Waals surface area contributed by atoms with Gasteiger partial charge in [0.2, 0.25) is 0 Å². The van der Waals surface area contributed by atoms with E-state index in [0.29, 0.717) is 13.0 Å². The average Bonchev–Trinajstić information content (AvgIpc) is 3.17. The smallest absolute Gasteiger partial charge is 0.191 e. The van der Waals surface area contributed by atoms with Crippen molar-refractivity contribution in [2.45, 2.75) is 29.8 Å². The predicted octanol–water partition coefficient (Wildman–Crippen LogP) is 2.11. The van der Waals surface area contributed by atoms with E-state index in [1.807, 2.05) is 9.95 Å². The molecule has 0 saturated carbocycles. The summed E-state index contributed by atoms with van der Waals surface area (Å²) in [6.07, 6.45) is 2.40. The maximum atomic E-state index is 11.7. The van der Waals surface area contributed by atoms with E-state index in [1.54, 1.807) is 34.7 Å². The van der Waals surface area contributed by atoms with Crippen LogP contribution in [-0.2, 0) is 22.1 Å². The minimum atomic E-state index is -2.94. The van der Waals surface area contributed by atoms with Crippen molar-refractivity contribution < 1.29 is 8.42 Å². The van der Waals surface area contributed by atoms with E-state index in [0.717, 1.165) is 22.4 Å². The van der Waals surface area contributed by atoms with Gasteiger partial charge in [-0.25, -0.2) is 13.4 Å². The summed E-state index contributed by atoms with van der Waals surface area (Å²) < 4.78 is 25.3. The molecule has 3 heterocycles. The zero-order valence-corrected chi connectivity index (χ0v) is 14.3. The van der Waals surface area contributed by atoms with Crippen molar-refractivity contribution in [3.63, 3.8) is 0 Å². The first-order chi connectivity index (χ1) is 10.6. The van der Waals surface area contributed by atoms with Crippen LogP contribution in [0.2, 0.25) is 0 Å². The molecule has 6 nitrogen and oxygen atoms in total. The van der Waals surface area contributed by atoms with Crippen LogP contribution >= 0.6 is 23.1 Å². The highest BCUT2D eigenvalue weighted by atomic mass is 32.2. The van der Waals surface area contributed by atoms with Gasteiger partial charge in [-0.05, 0) is 6.42 Å². The van der Waals surface area contributed by atoms with Gasteiger partial charge >= 0.3 is 0 Å². The topological polar surface area (TPSA) is 77.7 Å². The highest BCUT2D eigenvalue weighted by Crippen LogP contribution is 2.30. The van der Waals surface area contributed by atoms with Crippen LogP contribution < -0.4 is 0 Å². The van der Waals surface area contributed by atoms with Crippen LogP contribution in [0.5, 0.6) is 0 Å². The van der Waals surface area contributed by atoms with Crippen LogP contribution in [0.1, 0.15) is 23.9 Å². The van der Waals surface area contributed by atoms with Crippen LogP contribution in [0.4, 0.5) is 0 Å². The fraction of sp³-hybridized carbons (Fsp3) is 0.462. The Labute approximate surface area is 137 Å². The van der Waals surface area contributed by atoms with Gasteiger partial charge in [0.25, 0.3) is 0 Å². The van der Waals surface area contributed by atoms with E-state index in [1.165, 1.54) is 0 Å². The third-order valence-corrected chi connectivity index (χ3v) is 6.89. The van der Waals surface area contributed by atoms with Crippen LogP contribution in [0.25, 0.3) is 0 Å². The molecule has 0 bridgehead atoms. The molecule has 22 heavy (non-hydrogen) atoms. The molecule has 0 N–H and O–H groups in total. The second-order valence-electron chi connectivity index (χ2n) is 5.11. The van der Waals surface area contributed by atoms with Gasteiger partial charge in [-0.2, -0.15) is 0 Å². The molecule has 1 aliphatic rings. The van der Waals surface area contributed by atoms with E-state index >= 15 is 0 Å². The van der Waals surface area contributed by atoms with Crippen molar-refractivity contribution in [2.24, 2.45) is 0 Å². The van der Waals surface area contributed by atoms with E-state index in [4.69, 9.17) is 0 Å². The molecule has 118 valence electrons. The van der Waals surface area contributed by atoms with Crippen molar-refractivity contribution in [1.29, 1.82) is 0 Å². The number of rotatable bonds is 6. The molecule has 2 aromatic heterocycles. The average molecular weight is 356 g/mol. The summed E-state index contributed by atoms with van der Waals surface area (Å²) in [6, 6.07) is 0. The molecule has 0 amide bonds. The Morgan fingerprint density at radius 1 is 1.50 bits per heavy atom. The first-order valence-electron chi connectivity index (χ1n) is 6.83. The number of nitrogens with zero attached hydrogens (tertiary/aromatic N) is 4. The molecular formula is C13H16N4O2S3. The fourth-order valence-electron chi connectivity index (χ4n) is 2.46. The second kappa shape index (κ2) is 6.51. The standard InChI is InChI=1S/C13H16N4O2S3/c1-2-4-17-12(10-3-5-22(18,19)8-10)15-16-13(17)21-7-11-6-20-9-14-11/h2,6,9-10H,1,3-5,7-8H2/t10-/m1/s1. The summed E-state index contributed by atoms with van der Waals surface area (Å²) in [6.45, 7) is 4.35. The molecule has 0 unspecified atom stereocenters. The Kier molecular flexibility index (Phi) is 4.65. The first-order valence-corrected chi connectivity index (χ1v) is 10.6. The van der Waals surface area contributed by atoms with Crippen LogP contribution in [0.3, 0.4) is 0 Å². The molecule has 1 saturated heterocycles. The summed E-state index contributed by atoms with van der Waals surface area (Å²) in [4.78, 5) is 4.25. The molecule has 2 aromatic rings. The summed E-state index contributed by atoms with van der Waals surface area (Å²) in [5, 5.41) is 11.3. The molecule has 0 radical (unpaired) electrons. The molecule has 3 rings (SSSR count).